The standard InChI is InChI=1S/C20H24N6/c1-14-4-7-23-17(10-14)19-11-15(22-9-6-21)12-20(25-19)18-13-16(26(2)3)5-8-24-18/h4-5,7-8,10-13H,6,9,21H2,1-3H3,(H,22,25). The fourth-order valence-electron chi connectivity index (χ4n) is 2.63. The molecule has 0 atom stereocenters. The first-order valence-electron chi connectivity index (χ1n) is 8.59. The Hall–Kier alpha value is -2.99. The van der Waals surface area contributed by atoms with E-state index in [1.54, 1.807) is 12.4 Å². The van der Waals surface area contributed by atoms with E-state index in [2.05, 4.69) is 15.3 Å². The summed E-state index contributed by atoms with van der Waals surface area (Å²) in [7, 11) is 4.02. The molecule has 0 radical (unpaired) electrons. The van der Waals surface area contributed by atoms with E-state index in [4.69, 9.17) is 10.7 Å². The van der Waals surface area contributed by atoms with Crippen LogP contribution in [0.3, 0.4) is 0 Å². The predicted molar refractivity (Wildman–Crippen MR) is 107 cm³/mol. The highest BCUT2D eigenvalue weighted by atomic mass is 15.1. The third-order valence-electron chi connectivity index (χ3n) is 4.00. The van der Waals surface area contributed by atoms with Gasteiger partial charge in [0, 0.05) is 51.0 Å². The van der Waals surface area contributed by atoms with Crippen LogP contribution in [0.5, 0.6) is 0 Å². The maximum absolute atomic E-state index is 5.64. The van der Waals surface area contributed by atoms with Crippen molar-refractivity contribution < 1.29 is 0 Å². The van der Waals surface area contributed by atoms with Gasteiger partial charge < -0.3 is 16.0 Å². The molecule has 3 heterocycles. The van der Waals surface area contributed by atoms with Crippen molar-refractivity contribution >= 4 is 11.4 Å². The van der Waals surface area contributed by atoms with Crippen LogP contribution in [0.15, 0.2) is 48.8 Å². The molecule has 3 N–H and O–H groups in total. The third-order valence-corrected chi connectivity index (χ3v) is 4.00. The van der Waals surface area contributed by atoms with Crippen LogP contribution in [0.25, 0.3) is 22.8 Å². The van der Waals surface area contributed by atoms with Crippen LogP contribution in [0, 0.1) is 6.92 Å². The molecule has 6 heteroatoms. The van der Waals surface area contributed by atoms with Gasteiger partial charge >= 0.3 is 0 Å². The molecule has 0 aliphatic rings. The molecule has 26 heavy (non-hydrogen) atoms. The van der Waals surface area contributed by atoms with Gasteiger partial charge in [0.2, 0.25) is 0 Å². The number of hydrogen-bond acceptors (Lipinski definition) is 6. The zero-order valence-electron chi connectivity index (χ0n) is 15.4. The summed E-state index contributed by atoms with van der Waals surface area (Å²) < 4.78 is 0. The maximum atomic E-state index is 5.64. The van der Waals surface area contributed by atoms with Crippen LogP contribution in [0.1, 0.15) is 5.56 Å². The lowest BCUT2D eigenvalue weighted by molar-refractivity contribution is 1.02. The fourth-order valence-corrected chi connectivity index (χ4v) is 2.63. The summed E-state index contributed by atoms with van der Waals surface area (Å²) in [6.45, 7) is 3.30. The van der Waals surface area contributed by atoms with Crippen LogP contribution < -0.4 is 16.0 Å². The molecule has 0 unspecified atom stereocenters. The smallest absolute Gasteiger partial charge is 0.0915 e. The average molecular weight is 348 g/mol. The minimum atomic E-state index is 0.560. The molecule has 0 aliphatic carbocycles. The van der Waals surface area contributed by atoms with E-state index in [-0.39, 0.29) is 0 Å². The molecular weight excluding hydrogens is 324 g/mol. The van der Waals surface area contributed by atoms with Crippen LogP contribution in [0.4, 0.5) is 11.4 Å². The number of nitrogens with one attached hydrogen (secondary N) is 1. The number of aromatic nitrogens is 3. The molecule has 0 aromatic carbocycles. The number of nitrogens with zero attached hydrogens (tertiary/aromatic N) is 4. The summed E-state index contributed by atoms with van der Waals surface area (Å²) in [6, 6.07) is 12.0. The van der Waals surface area contributed by atoms with Gasteiger partial charge in [-0.15, -0.1) is 0 Å². The molecule has 0 spiro atoms. The lowest BCUT2D eigenvalue weighted by Crippen LogP contribution is -2.13. The lowest BCUT2D eigenvalue weighted by atomic mass is 10.1. The van der Waals surface area contributed by atoms with Gasteiger partial charge in [0.25, 0.3) is 0 Å². The Balaban J connectivity index is 2.09. The Morgan fingerprint density at radius 1 is 0.923 bits per heavy atom. The largest absolute Gasteiger partial charge is 0.384 e. The first kappa shape index (κ1) is 17.8. The summed E-state index contributed by atoms with van der Waals surface area (Å²) in [5, 5.41) is 3.34. The lowest BCUT2D eigenvalue weighted by Gasteiger charge is -2.14. The quantitative estimate of drug-likeness (QED) is 0.713. The van der Waals surface area contributed by atoms with Crippen molar-refractivity contribution in [2.24, 2.45) is 5.73 Å². The number of anilines is 2. The summed E-state index contributed by atoms with van der Waals surface area (Å²) >= 11 is 0. The molecule has 0 saturated carbocycles. The number of hydrogen-bond donors (Lipinski definition) is 2. The Kier molecular flexibility index (Phi) is 5.43. The second-order valence-corrected chi connectivity index (χ2v) is 6.35. The third kappa shape index (κ3) is 4.15. The molecule has 0 aliphatic heterocycles. The first-order chi connectivity index (χ1) is 12.6. The van der Waals surface area contributed by atoms with Crippen LogP contribution in [-0.4, -0.2) is 42.1 Å². The van der Waals surface area contributed by atoms with Gasteiger partial charge in [-0.1, -0.05) is 0 Å². The van der Waals surface area contributed by atoms with E-state index >= 15 is 0 Å². The van der Waals surface area contributed by atoms with Crippen LogP contribution in [0.2, 0.25) is 0 Å². The number of aryl methyl sites for hydroxylation is 1. The second-order valence-electron chi connectivity index (χ2n) is 6.35. The van der Waals surface area contributed by atoms with E-state index in [0.29, 0.717) is 13.1 Å². The van der Waals surface area contributed by atoms with E-state index in [0.717, 1.165) is 39.7 Å². The predicted octanol–water partition coefficient (Wildman–Crippen LogP) is 2.95. The van der Waals surface area contributed by atoms with Gasteiger partial charge in [-0.25, -0.2) is 4.98 Å². The van der Waals surface area contributed by atoms with Gasteiger partial charge in [0.1, 0.15) is 0 Å². The van der Waals surface area contributed by atoms with Crippen molar-refractivity contribution in [2.75, 3.05) is 37.4 Å². The van der Waals surface area contributed by atoms with Gasteiger partial charge in [-0.05, 0) is 48.9 Å². The summed E-state index contributed by atoms with van der Waals surface area (Å²) in [6.07, 6.45) is 3.61. The highest BCUT2D eigenvalue weighted by molar-refractivity contribution is 5.71. The van der Waals surface area contributed by atoms with Crippen molar-refractivity contribution in [1.82, 2.24) is 15.0 Å². The highest BCUT2D eigenvalue weighted by Crippen LogP contribution is 2.27. The van der Waals surface area contributed by atoms with Crippen molar-refractivity contribution in [3.63, 3.8) is 0 Å². The molecule has 0 bridgehead atoms. The molecular formula is C20H24N6. The maximum Gasteiger partial charge on any atom is 0.0915 e. The van der Waals surface area contributed by atoms with Gasteiger partial charge in [0.05, 0.1) is 22.8 Å². The molecule has 3 aromatic rings. The van der Waals surface area contributed by atoms with Crippen molar-refractivity contribution in [2.45, 2.75) is 6.92 Å². The summed E-state index contributed by atoms with van der Waals surface area (Å²) in [4.78, 5) is 15.8. The molecule has 6 nitrogen and oxygen atoms in total. The van der Waals surface area contributed by atoms with Crippen molar-refractivity contribution in [1.29, 1.82) is 0 Å². The van der Waals surface area contributed by atoms with Crippen LogP contribution >= 0.6 is 0 Å². The first-order valence-corrected chi connectivity index (χ1v) is 8.59. The minimum absolute atomic E-state index is 0.560. The number of rotatable bonds is 6. The van der Waals surface area contributed by atoms with Crippen LogP contribution in [-0.2, 0) is 0 Å². The zero-order chi connectivity index (χ0) is 18.5. The Labute approximate surface area is 154 Å². The van der Waals surface area contributed by atoms with Crippen molar-refractivity contribution in [3.8, 4) is 22.8 Å². The normalized spacial score (nSPS) is 10.6. The van der Waals surface area contributed by atoms with E-state index < -0.39 is 0 Å². The Bertz CT molecular complexity index is 891. The van der Waals surface area contributed by atoms with Gasteiger partial charge in [-0.3, -0.25) is 9.97 Å². The average Bonchev–Trinajstić information content (AvgIpc) is 2.66. The highest BCUT2D eigenvalue weighted by Gasteiger charge is 2.10. The molecule has 0 fully saturated rings. The molecule has 0 amide bonds. The van der Waals surface area contributed by atoms with Crippen molar-refractivity contribution in [3.05, 3.63) is 54.4 Å². The number of pyridine rings is 3. The van der Waals surface area contributed by atoms with Gasteiger partial charge in [-0.2, -0.15) is 0 Å². The molecule has 134 valence electrons. The fraction of sp³-hybridized carbons (Fsp3) is 0.250. The van der Waals surface area contributed by atoms with Gasteiger partial charge in [0.15, 0.2) is 0 Å². The molecule has 0 saturated heterocycles. The topological polar surface area (TPSA) is 80.0 Å². The second kappa shape index (κ2) is 7.93. The monoisotopic (exact) mass is 348 g/mol. The SMILES string of the molecule is Cc1ccnc(-c2cc(NCCN)cc(-c3cc(N(C)C)ccn3)n2)c1. The Morgan fingerprint density at radius 2 is 1.58 bits per heavy atom. The Morgan fingerprint density at radius 3 is 2.19 bits per heavy atom. The minimum Gasteiger partial charge on any atom is -0.384 e. The molecule has 3 rings (SSSR count). The molecule has 3 aromatic heterocycles. The zero-order valence-corrected chi connectivity index (χ0v) is 15.4. The summed E-state index contributed by atoms with van der Waals surface area (Å²) in [5.41, 5.74) is 12.1. The summed E-state index contributed by atoms with van der Waals surface area (Å²) in [5.74, 6) is 0. The van der Waals surface area contributed by atoms with E-state index in [9.17, 15) is 0 Å². The van der Waals surface area contributed by atoms with E-state index in [1.807, 2.05) is 62.3 Å². The van der Waals surface area contributed by atoms with E-state index in [1.165, 1.54) is 0 Å². The number of nitrogens with two attached hydrogens (primary N) is 1.